The Morgan fingerprint density at radius 3 is 2.50 bits per heavy atom. The molecule has 0 aromatic carbocycles. The van der Waals surface area contributed by atoms with Crippen LogP contribution in [0.15, 0.2) is 6.33 Å². The van der Waals surface area contributed by atoms with Gasteiger partial charge in [0.15, 0.2) is 11.6 Å². The first kappa shape index (κ1) is 14.8. The van der Waals surface area contributed by atoms with Crippen molar-refractivity contribution in [2.45, 2.75) is 34.1 Å². The van der Waals surface area contributed by atoms with Crippen LogP contribution in [0, 0.1) is 11.2 Å². The van der Waals surface area contributed by atoms with E-state index >= 15 is 0 Å². The lowest BCUT2D eigenvalue weighted by molar-refractivity contribution is 0.376. The van der Waals surface area contributed by atoms with E-state index in [1.165, 1.54) is 6.33 Å². The first-order chi connectivity index (χ1) is 8.45. The Bertz CT molecular complexity index is 393. The average molecular weight is 254 g/mol. The Morgan fingerprint density at radius 1 is 1.33 bits per heavy atom. The highest BCUT2D eigenvalue weighted by molar-refractivity contribution is 5.41. The summed E-state index contributed by atoms with van der Waals surface area (Å²) in [7, 11) is 0. The van der Waals surface area contributed by atoms with Gasteiger partial charge in [-0.15, -0.1) is 0 Å². The van der Waals surface area contributed by atoms with E-state index in [1.54, 1.807) is 0 Å². The summed E-state index contributed by atoms with van der Waals surface area (Å²) in [6.07, 6.45) is 1.99. The van der Waals surface area contributed by atoms with Crippen molar-refractivity contribution in [2.75, 3.05) is 24.5 Å². The third-order valence-electron chi connectivity index (χ3n) is 3.03. The minimum atomic E-state index is -0.310. The molecule has 0 spiro atoms. The van der Waals surface area contributed by atoms with Gasteiger partial charge in [-0.25, -0.2) is 14.4 Å². The second kappa shape index (κ2) is 6.09. The highest BCUT2D eigenvalue weighted by Crippen LogP contribution is 2.23. The van der Waals surface area contributed by atoms with Gasteiger partial charge in [0.2, 0.25) is 0 Å². The Hall–Kier alpha value is -1.23. The molecule has 0 unspecified atom stereocenters. The highest BCUT2D eigenvalue weighted by Gasteiger charge is 2.23. The van der Waals surface area contributed by atoms with Crippen LogP contribution < -0.4 is 10.6 Å². The second-order valence-corrected chi connectivity index (χ2v) is 5.19. The summed E-state index contributed by atoms with van der Waals surface area (Å²) in [6, 6.07) is 0. The molecule has 0 radical (unpaired) electrons. The average Bonchev–Trinajstić information content (AvgIpc) is 2.36. The van der Waals surface area contributed by atoms with Gasteiger partial charge in [-0.1, -0.05) is 20.8 Å². The topological polar surface area (TPSA) is 55.0 Å². The van der Waals surface area contributed by atoms with Crippen LogP contribution >= 0.6 is 0 Å². The van der Waals surface area contributed by atoms with Gasteiger partial charge in [-0.3, -0.25) is 0 Å². The van der Waals surface area contributed by atoms with Crippen molar-refractivity contribution in [1.29, 1.82) is 0 Å². The maximum absolute atomic E-state index is 14.2. The predicted octanol–water partition coefficient (Wildman–Crippen LogP) is 1.99. The zero-order chi connectivity index (χ0) is 13.8. The van der Waals surface area contributed by atoms with E-state index in [0.717, 1.165) is 0 Å². The van der Waals surface area contributed by atoms with Crippen molar-refractivity contribution in [3.63, 3.8) is 0 Å². The van der Waals surface area contributed by atoms with Gasteiger partial charge < -0.3 is 10.6 Å². The number of aryl methyl sites for hydroxylation is 1. The van der Waals surface area contributed by atoms with Gasteiger partial charge in [0.05, 0.1) is 5.69 Å². The van der Waals surface area contributed by atoms with Crippen LogP contribution in [0.2, 0.25) is 0 Å². The maximum atomic E-state index is 14.2. The fourth-order valence-corrected chi connectivity index (χ4v) is 1.78. The lowest BCUT2D eigenvalue weighted by atomic mass is 9.93. The Labute approximate surface area is 108 Å². The van der Waals surface area contributed by atoms with Gasteiger partial charge in [0, 0.05) is 13.1 Å². The van der Waals surface area contributed by atoms with Crippen LogP contribution in [0.3, 0.4) is 0 Å². The highest BCUT2D eigenvalue weighted by atomic mass is 19.1. The third kappa shape index (κ3) is 3.38. The summed E-state index contributed by atoms with van der Waals surface area (Å²) in [5.41, 5.74) is 6.12. The number of aromatic nitrogens is 2. The van der Waals surface area contributed by atoms with E-state index in [2.05, 4.69) is 23.8 Å². The van der Waals surface area contributed by atoms with E-state index in [-0.39, 0.29) is 11.2 Å². The molecule has 1 aromatic heterocycles. The van der Waals surface area contributed by atoms with E-state index in [9.17, 15) is 4.39 Å². The fraction of sp³-hybridized carbons (Fsp3) is 0.692. The summed E-state index contributed by atoms with van der Waals surface area (Å²) in [4.78, 5) is 9.95. The molecular weight excluding hydrogens is 231 g/mol. The molecule has 0 amide bonds. The van der Waals surface area contributed by atoms with Crippen molar-refractivity contribution in [1.82, 2.24) is 9.97 Å². The van der Waals surface area contributed by atoms with Crippen LogP contribution in [-0.4, -0.2) is 29.6 Å². The van der Waals surface area contributed by atoms with Gasteiger partial charge in [0.1, 0.15) is 6.33 Å². The minimum absolute atomic E-state index is 0.0697. The van der Waals surface area contributed by atoms with E-state index in [1.807, 2.05) is 18.7 Å². The molecule has 4 nitrogen and oxygen atoms in total. The Morgan fingerprint density at radius 2 is 2.00 bits per heavy atom. The molecule has 0 saturated heterocycles. The summed E-state index contributed by atoms with van der Waals surface area (Å²) in [6.45, 7) is 9.93. The van der Waals surface area contributed by atoms with Crippen LogP contribution in [0.4, 0.5) is 10.2 Å². The molecule has 0 bridgehead atoms. The smallest absolute Gasteiger partial charge is 0.187 e. The molecule has 18 heavy (non-hydrogen) atoms. The largest absolute Gasteiger partial charge is 0.354 e. The van der Waals surface area contributed by atoms with E-state index < -0.39 is 0 Å². The number of rotatable bonds is 6. The quantitative estimate of drug-likeness (QED) is 0.843. The molecule has 5 heteroatoms. The molecule has 0 saturated carbocycles. The minimum Gasteiger partial charge on any atom is -0.354 e. The van der Waals surface area contributed by atoms with Crippen molar-refractivity contribution in [3.05, 3.63) is 17.8 Å². The number of hydrogen-bond acceptors (Lipinski definition) is 4. The molecule has 1 heterocycles. The molecule has 0 aliphatic rings. The van der Waals surface area contributed by atoms with Gasteiger partial charge in [0.25, 0.3) is 0 Å². The first-order valence-electron chi connectivity index (χ1n) is 6.39. The monoisotopic (exact) mass is 254 g/mol. The molecular formula is C13H23FN4. The summed E-state index contributed by atoms with van der Waals surface area (Å²) >= 11 is 0. The molecule has 1 aromatic rings. The number of nitrogens with two attached hydrogens (primary N) is 1. The molecule has 1 rings (SSSR count). The van der Waals surface area contributed by atoms with Crippen LogP contribution in [0.1, 0.15) is 33.4 Å². The molecule has 0 atom stereocenters. The summed E-state index contributed by atoms with van der Waals surface area (Å²) in [5.74, 6) is 0.0700. The normalized spacial score (nSPS) is 11.7. The van der Waals surface area contributed by atoms with Crippen LogP contribution in [0.25, 0.3) is 0 Å². The van der Waals surface area contributed by atoms with Crippen molar-refractivity contribution < 1.29 is 4.39 Å². The van der Waals surface area contributed by atoms with Crippen LogP contribution in [0.5, 0.6) is 0 Å². The molecule has 0 aliphatic heterocycles. The van der Waals surface area contributed by atoms with Gasteiger partial charge in [-0.05, 0) is 25.3 Å². The first-order valence-corrected chi connectivity index (χ1v) is 6.39. The third-order valence-corrected chi connectivity index (χ3v) is 3.03. The van der Waals surface area contributed by atoms with Crippen molar-refractivity contribution >= 4 is 5.82 Å². The molecule has 102 valence electrons. The fourth-order valence-electron chi connectivity index (χ4n) is 1.78. The number of nitrogens with zero attached hydrogens (tertiary/aromatic N) is 3. The SMILES string of the molecule is CCc1ncnc(N(CC)CC(C)(C)CN)c1F. The van der Waals surface area contributed by atoms with Gasteiger partial charge in [-0.2, -0.15) is 0 Å². The van der Waals surface area contributed by atoms with Crippen molar-refractivity contribution in [2.24, 2.45) is 11.1 Å². The Balaban J connectivity index is 3.02. The second-order valence-electron chi connectivity index (χ2n) is 5.19. The van der Waals surface area contributed by atoms with E-state index in [0.29, 0.717) is 37.6 Å². The molecule has 0 fully saturated rings. The van der Waals surface area contributed by atoms with Crippen molar-refractivity contribution in [3.8, 4) is 0 Å². The van der Waals surface area contributed by atoms with E-state index in [4.69, 9.17) is 5.73 Å². The maximum Gasteiger partial charge on any atom is 0.187 e. The predicted molar refractivity (Wildman–Crippen MR) is 72.1 cm³/mol. The Kier molecular flexibility index (Phi) is 5.02. The molecule has 2 N–H and O–H groups in total. The zero-order valence-corrected chi connectivity index (χ0v) is 11.7. The molecule has 0 aliphatic carbocycles. The lowest BCUT2D eigenvalue weighted by Gasteiger charge is -2.32. The standard InChI is InChI=1S/C13H23FN4/c1-5-10-11(14)12(17-9-16-10)18(6-2)8-13(3,4)7-15/h9H,5-8,15H2,1-4H3. The number of hydrogen-bond donors (Lipinski definition) is 1. The number of halogens is 1. The zero-order valence-electron chi connectivity index (χ0n) is 11.7. The van der Waals surface area contributed by atoms with Crippen LogP contribution in [-0.2, 0) is 6.42 Å². The summed E-state index contributed by atoms with van der Waals surface area (Å²) < 4.78 is 14.2. The number of anilines is 1. The van der Waals surface area contributed by atoms with Gasteiger partial charge >= 0.3 is 0 Å². The summed E-state index contributed by atoms with van der Waals surface area (Å²) in [5, 5.41) is 0. The lowest BCUT2D eigenvalue weighted by Crippen LogP contribution is -2.39.